The summed E-state index contributed by atoms with van der Waals surface area (Å²) in [6, 6.07) is 0.0415. The van der Waals surface area contributed by atoms with Gasteiger partial charge >= 0.3 is 6.03 Å². The van der Waals surface area contributed by atoms with E-state index in [1.165, 1.54) is 0 Å². The third-order valence-electron chi connectivity index (χ3n) is 3.34. The molecule has 0 aliphatic heterocycles. The molecule has 0 saturated heterocycles. The molecule has 110 valence electrons. The normalized spacial score (nSPS) is 18.2. The molecule has 2 N–H and O–H groups in total. The van der Waals surface area contributed by atoms with Gasteiger partial charge < -0.3 is 15.2 Å². The zero-order valence-corrected chi connectivity index (χ0v) is 12.3. The van der Waals surface area contributed by atoms with Crippen molar-refractivity contribution in [2.45, 2.75) is 52.2 Å². The molecule has 0 unspecified atom stereocenters. The molecule has 20 heavy (non-hydrogen) atoms. The maximum atomic E-state index is 11.8. The Balaban J connectivity index is 1.79. The monoisotopic (exact) mass is 276 g/mol. The molecule has 1 atom stereocenters. The van der Waals surface area contributed by atoms with Gasteiger partial charge in [-0.15, -0.1) is 0 Å². The van der Waals surface area contributed by atoms with E-state index in [4.69, 9.17) is 0 Å². The lowest BCUT2D eigenvalue weighted by Gasteiger charge is -2.18. The van der Waals surface area contributed by atoms with Crippen molar-refractivity contribution in [1.82, 2.24) is 20.2 Å². The van der Waals surface area contributed by atoms with Gasteiger partial charge in [0.05, 0.1) is 6.54 Å². The molecular weight excluding hydrogens is 252 g/mol. The standard InChI is InChI=1S/C15H24N4O/c1-12(2)11-19-9-8-16-14(19)10-17-15(20)18-13-6-4-3-5-7-13/h4,6,8-9,12-13H,3,5,7,10-11H2,1-2H3,(H2,17,18,20)/t13-/m0/s1. The smallest absolute Gasteiger partial charge is 0.315 e. The summed E-state index contributed by atoms with van der Waals surface area (Å²) in [6.07, 6.45) is 11.2. The molecule has 0 fully saturated rings. The van der Waals surface area contributed by atoms with Gasteiger partial charge in [0.1, 0.15) is 5.82 Å². The van der Waals surface area contributed by atoms with Crippen LogP contribution in [0.15, 0.2) is 24.5 Å². The van der Waals surface area contributed by atoms with E-state index in [1.807, 2.05) is 6.20 Å². The Kier molecular flexibility index (Phi) is 5.21. The van der Waals surface area contributed by atoms with Crippen molar-refractivity contribution in [2.75, 3.05) is 0 Å². The fourth-order valence-corrected chi connectivity index (χ4v) is 2.38. The predicted molar refractivity (Wildman–Crippen MR) is 79.2 cm³/mol. The van der Waals surface area contributed by atoms with E-state index in [-0.39, 0.29) is 12.1 Å². The molecule has 0 radical (unpaired) electrons. The number of aromatic nitrogens is 2. The van der Waals surface area contributed by atoms with Crippen LogP contribution in [-0.4, -0.2) is 21.6 Å². The Bertz CT molecular complexity index is 464. The summed E-state index contributed by atoms with van der Waals surface area (Å²) in [5.41, 5.74) is 0. The van der Waals surface area contributed by atoms with Crippen LogP contribution in [0, 0.1) is 5.92 Å². The zero-order chi connectivity index (χ0) is 14.4. The molecular formula is C15H24N4O. The lowest BCUT2D eigenvalue weighted by molar-refractivity contribution is 0.237. The van der Waals surface area contributed by atoms with E-state index in [2.05, 4.69) is 46.2 Å². The van der Waals surface area contributed by atoms with E-state index in [0.717, 1.165) is 31.6 Å². The third-order valence-corrected chi connectivity index (χ3v) is 3.34. The molecule has 1 aliphatic carbocycles. The molecule has 5 heteroatoms. The van der Waals surface area contributed by atoms with E-state index in [1.54, 1.807) is 6.20 Å². The molecule has 0 spiro atoms. The number of allylic oxidation sites excluding steroid dienone is 1. The number of rotatable bonds is 5. The Hall–Kier alpha value is -1.78. The van der Waals surface area contributed by atoms with Gasteiger partial charge in [-0.05, 0) is 25.2 Å². The molecule has 5 nitrogen and oxygen atoms in total. The highest BCUT2D eigenvalue weighted by atomic mass is 16.2. The SMILES string of the molecule is CC(C)Cn1ccnc1CNC(=O)N[C@H]1C=CCCC1. The van der Waals surface area contributed by atoms with Gasteiger partial charge in [0, 0.05) is 25.0 Å². The molecule has 0 bridgehead atoms. The molecule has 0 saturated carbocycles. The average molecular weight is 276 g/mol. The van der Waals surface area contributed by atoms with E-state index in [0.29, 0.717) is 12.5 Å². The van der Waals surface area contributed by atoms with Crippen LogP contribution < -0.4 is 10.6 Å². The second kappa shape index (κ2) is 7.12. The average Bonchev–Trinajstić information content (AvgIpc) is 2.84. The van der Waals surface area contributed by atoms with Gasteiger partial charge in [0.15, 0.2) is 0 Å². The number of nitrogens with zero attached hydrogens (tertiary/aromatic N) is 2. The van der Waals surface area contributed by atoms with Crippen molar-refractivity contribution < 1.29 is 4.79 Å². The van der Waals surface area contributed by atoms with Crippen LogP contribution in [-0.2, 0) is 13.1 Å². The molecule has 1 aromatic rings. The summed E-state index contributed by atoms with van der Waals surface area (Å²) in [5.74, 6) is 1.46. The fourth-order valence-electron chi connectivity index (χ4n) is 2.38. The number of hydrogen-bond acceptors (Lipinski definition) is 2. The number of hydrogen-bond donors (Lipinski definition) is 2. The number of nitrogens with one attached hydrogen (secondary N) is 2. The van der Waals surface area contributed by atoms with Crippen LogP contribution in [0.4, 0.5) is 4.79 Å². The van der Waals surface area contributed by atoms with Gasteiger partial charge in [0.25, 0.3) is 0 Å². The summed E-state index contributed by atoms with van der Waals surface area (Å²) in [6.45, 7) is 5.71. The third kappa shape index (κ3) is 4.40. The van der Waals surface area contributed by atoms with Crippen molar-refractivity contribution in [3.05, 3.63) is 30.4 Å². The van der Waals surface area contributed by atoms with Gasteiger partial charge in [-0.25, -0.2) is 9.78 Å². The maximum Gasteiger partial charge on any atom is 0.315 e. The minimum absolute atomic E-state index is 0.124. The number of imidazole rings is 1. The van der Waals surface area contributed by atoms with Crippen LogP contribution in [0.5, 0.6) is 0 Å². The highest BCUT2D eigenvalue weighted by molar-refractivity contribution is 5.74. The van der Waals surface area contributed by atoms with Gasteiger partial charge in [-0.1, -0.05) is 26.0 Å². The highest BCUT2D eigenvalue weighted by Gasteiger charge is 2.12. The van der Waals surface area contributed by atoms with E-state index in [9.17, 15) is 4.79 Å². The summed E-state index contributed by atoms with van der Waals surface area (Å²) in [4.78, 5) is 16.1. The van der Waals surface area contributed by atoms with Gasteiger partial charge in [-0.3, -0.25) is 0 Å². The quantitative estimate of drug-likeness (QED) is 0.812. The summed E-state index contributed by atoms with van der Waals surface area (Å²) in [7, 11) is 0. The predicted octanol–water partition coefficient (Wildman–Crippen LogP) is 2.45. The Morgan fingerprint density at radius 2 is 2.40 bits per heavy atom. The second-order valence-corrected chi connectivity index (χ2v) is 5.68. The lowest BCUT2D eigenvalue weighted by Crippen LogP contribution is -2.41. The number of urea groups is 1. The maximum absolute atomic E-state index is 11.8. The first kappa shape index (κ1) is 14.6. The van der Waals surface area contributed by atoms with Crippen molar-refractivity contribution in [3.63, 3.8) is 0 Å². The summed E-state index contributed by atoms with van der Waals surface area (Å²) < 4.78 is 2.09. The van der Waals surface area contributed by atoms with Crippen LogP contribution in [0.1, 0.15) is 38.9 Å². The summed E-state index contributed by atoms with van der Waals surface area (Å²) in [5, 5.41) is 5.85. The van der Waals surface area contributed by atoms with Gasteiger partial charge in [0.2, 0.25) is 0 Å². The number of carbonyl (C=O) groups is 1. The van der Waals surface area contributed by atoms with Crippen LogP contribution in [0.3, 0.4) is 0 Å². The van der Waals surface area contributed by atoms with Gasteiger partial charge in [-0.2, -0.15) is 0 Å². The van der Waals surface area contributed by atoms with Crippen molar-refractivity contribution >= 4 is 6.03 Å². The lowest BCUT2D eigenvalue weighted by atomic mass is 10.0. The molecule has 0 aromatic carbocycles. The van der Waals surface area contributed by atoms with Crippen molar-refractivity contribution in [2.24, 2.45) is 5.92 Å². The molecule has 1 heterocycles. The molecule has 1 aromatic heterocycles. The molecule has 2 amide bonds. The van der Waals surface area contributed by atoms with E-state index >= 15 is 0 Å². The number of carbonyl (C=O) groups excluding carboxylic acids is 1. The zero-order valence-electron chi connectivity index (χ0n) is 12.3. The minimum Gasteiger partial charge on any atom is -0.333 e. The minimum atomic E-state index is -0.124. The molecule has 2 rings (SSSR count). The Labute approximate surface area is 120 Å². The first-order chi connectivity index (χ1) is 9.65. The van der Waals surface area contributed by atoms with Crippen molar-refractivity contribution in [1.29, 1.82) is 0 Å². The molecule has 1 aliphatic rings. The Morgan fingerprint density at radius 1 is 1.55 bits per heavy atom. The van der Waals surface area contributed by atoms with Crippen LogP contribution >= 0.6 is 0 Å². The van der Waals surface area contributed by atoms with E-state index < -0.39 is 0 Å². The number of amides is 2. The van der Waals surface area contributed by atoms with Crippen LogP contribution in [0.2, 0.25) is 0 Å². The first-order valence-electron chi connectivity index (χ1n) is 7.36. The fraction of sp³-hybridized carbons (Fsp3) is 0.600. The largest absolute Gasteiger partial charge is 0.333 e. The topological polar surface area (TPSA) is 59.0 Å². The first-order valence-corrected chi connectivity index (χ1v) is 7.36. The highest BCUT2D eigenvalue weighted by Crippen LogP contribution is 2.09. The van der Waals surface area contributed by atoms with Crippen LogP contribution in [0.25, 0.3) is 0 Å². The van der Waals surface area contributed by atoms with Crippen molar-refractivity contribution in [3.8, 4) is 0 Å². The Morgan fingerprint density at radius 3 is 3.10 bits per heavy atom. The second-order valence-electron chi connectivity index (χ2n) is 5.68. The summed E-state index contributed by atoms with van der Waals surface area (Å²) >= 11 is 0.